The molecule has 5 rings (SSSR count). The van der Waals surface area contributed by atoms with Crippen LogP contribution in [0.25, 0.3) is 22.8 Å². The summed E-state index contributed by atoms with van der Waals surface area (Å²) in [5, 5.41) is 5.17. The summed E-state index contributed by atoms with van der Waals surface area (Å²) >= 11 is 0. The minimum absolute atomic E-state index is 0.548. The maximum atomic E-state index is 5.20. The van der Waals surface area contributed by atoms with Gasteiger partial charge in [0.05, 0.1) is 0 Å². The van der Waals surface area contributed by atoms with Gasteiger partial charge in [0.2, 0.25) is 0 Å². The van der Waals surface area contributed by atoms with Crippen LogP contribution in [0.5, 0.6) is 0 Å². The normalized spacial score (nSPS) is 11.2. The molecule has 5 aromatic rings. The van der Waals surface area contributed by atoms with Gasteiger partial charge in [-0.25, -0.2) is 9.67 Å². The third-order valence-corrected chi connectivity index (χ3v) is 9.65. The van der Waals surface area contributed by atoms with Crippen molar-refractivity contribution < 1.29 is 0 Å². The average Bonchev–Trinajstić information content (AvgIpc) is 3.58. The topological polar surface area (TPSA) is 34.0 Å². The Morgan fingerprint density at radius 3 is 1.37 bits per heavy atom. The van der Waals surface area contributed by atoms with Gasteiger partial charge in [-0.1, -0.05) is 176 Å². The summed E-state index contributed by atoms with van der Waals surface area (Å²) in [7, 11) is 0. The van der Waals surface area contributed by atoms with Crippen LogP contribution in [0.1, 0.15) is 115 Å². The maximum Gasteiger partial charge on any atom is 0.181 e. The summed E-state index contributed by atoms with van der Waals surface area (Å²) in [5.74, 6) is 1.66. The van der Waals surface area contributed by atoms with E-state index < -0.39 is 0 Å². The van der Waals surface area contributed by atoms with Crippen molar-refractivity contribution in [3.63, 3.8) is 0 Å². The first-order valence-corrected chi connectivity index (χ1v) is 19.3. The van der Waals surface area contributed by atoms with Gasteiger partial charge in [0, 0.05) is 22.5 Å². The van der Waals surface area contributed by atoms with Gasteiger partial charge < -0.3 is 4.90 Å². The molecule has 0 saturated heterocycles. The Morgan fingerprint density at radius 1 is 0.469 bits per heavy atom. The van der Waals surface area contributed by atoms with Crippen molar-refractivity contribution in [2.24, 2.45) is 0 Å². The van der Waals surface area contributed by atoms with E-state index in [2.05, 4.69) is 133 Å². The van der Waals surface area contributed by atoms with E-state index in [1.165, 1.54) is 101 Å². The van der Waals surface area contributed by atoms with E-state index in [9.17, 15) is 0 Å². The third kappa shape index (κ3) is 11.4. The number of aromatic nitrogens is 3. The van der Waals surface area contributed by atoms with Crippen molar-refractivity contribution >= 4 is 11.4 Å². The van der Waals surface area contributed by atoms with Crippen LogP contribution in [0.4, 0.5) is 11.4 Å². The van der Waals surface area contributed by atoms with E-state index in [-0.39, 0.29) is 0 Å². The zero-order valence-electron chi connectivity index (χ0n) is 30.2. The summed E-state index contributed by atoms with van der Waals surface area (Å²) in [6.07, 6.45) is 21.0. The number of nitrogens with zero attached hydrogens (tertiary/aromatic N) is 4. The van der Waals surface area contributed by atoms with E-state index in [0.29, 0.717) is 6.67 Å². The van der Waals surface area contributed by atoms with Crippen LogP contribution in [-0.2, 0) is 19.5 Å². The summed E-state index contributed by atoms with van der Waals surface area (Å²) < 4.78 is 2.08. The molecule has 258 valence electrons. The Kier molecular flexibility index (Phi) is 15.0. The Morgan fingerprint density at radius 2 is 0.898 bits per heavy atom. The first-order valence-electron chi connectivity index (χ1n) is 19.3. The highest BCUT2D eigenvalue weighted by molar-refractivity contribution is 5.65. The summed E-state index contributed by atoms with van der Waals surface area (Å²) in [6, 6.07) is 39.1. The lowest BCUT2D eigenvalue weighted by molar-refractivity contribution is 0.589. The van der Waals surface area contributed by atoms with E-state index >= 15 is 0 Å². The zero-order valence-corrected chi connectivity index (χ0v) is 30.2. The number of rotatable bonds is 22. The Bertz CT molecular complexity index is 1550. The summed E-state index contributed by atoms with van der Waals surface area (Å²) in [4.78, 5) is 7.51. The first kappa shape index (κ1) is 36.1. The minimum Gasteiger partial charge on any atom is -0.321 e. The molecular formula is C45H58N4. The number of hydrogen-bond acceptors (Lipinski definition) is 3. The summed E-state index contributed by atoms with van der Waals surface area (Å²) in [5.41, 5.74) is 7.19. The molecule has 0 amide bonds. The van der Waals surface area contributed by atoms with Crippen LogP contribution in [0.15, 0.2) is 109 Å². The number of para-hydroxylation sites is 2. The second kappa shape index (κ2) is 20.4. The second-order valence-electron chi connectivity index (χ2n) is 13.6. The number of anilines is 2. The predicted octanol–water partition coefficient (Wildman–Crippen LogP) is 13.0. The molecule has 0 fully saturated rings. The second-order valence-corrected chi connectivity index (χ2v) is 13.6. The van der Waals surface area contributed by atoms with Gasteiger partial charge in [0.25, 0.3) is 0 Å². The fourth-order valence-corrected chi connectivity index (χ4v) is 6.65. The molecule has 0 aliphatic heterocycles. The van der Waals surface area contributed by atoms with E-state index in [4.69, 9.17) is 10.1 Å². The molecule has 0 N–H and O–H groups in total. The van der Waals surface area contributed by atoms with Gasteiger partial charge >= 0.3 is 0 Å². The first-order chi connectivity index (χ1) is 24.2. The molecule has 0 bridgehead atoms. The average molecular weight is 655 g/mol. The van der Waals surface area contributed by atoms with Gasteiger partial charge in [-0.05, 0) is 61.1 Å². The standard InChI is InChI=1S/C45H58N4/c1-3-5-7-9-11-13-17-23-38-29-33-40(34-30-38)44-46-45(41-35-31-39(32-36-41)24-18-14-12-10-8-6-4-2)49(47-44)37-48(42-25-19-15-20-26-42)43-27-21-16-22-28-43/h15-16,19-22,25-36H,3-14,17-18,23-24,37H2,1-2H3. The minimum atomic E-state index is 0.548. The van der Waals surface area contributed by atoms with Gasteiger partial charge in [-0.3, -0.25) is 0 Å². The molecule has 4 heteroatoms. The molecule has 4 aromatic carbocycles. The SMILES string of the molecule is CCCCCCCCCc1ccc(-c2nc(-c3ccc(CCCCCCCCC)cc3)n(CN(c3ccccc3)c3ccccc3)n2)cc1. The Hall–Kier alpha value is -4.18. The molecule has 49 heavy (non-hydrogen) atoms. The van der Waals surface area contributed by atoms with Crippen LogP contribution in [0.3, 0.4) is 0 Å². The molecule has 0 unspecified atom stereocenters. The molecule has 0 aliphatic rings. The Balaban J connectivity index is 1.33. The quantitative estimate of drug-likeness (QED) is 0.0696. The smallest absolute Gasteiger partial charge is 0.181 e. The largest absolute Gasteiger partial charge is 0.321 e. The predicted molar refractivity (Wildman–Crippen MR) is 209 cm³/mol. The fourth-order valence-electron chi connectivity index (χ4n) is 6.65. The van der Waals surface area contributed by atoms with Crippen LogP contribution in [-0.4, -0.2) is 14.8 Å². The van der Waals surface area contributed by atoms with Gasteiger partial charge in [0.1, 0.15) is 6.67 Å². The van der Waals surface area contributed by atoms with Gasteiger partial charge in [-0.15, -0.1) is 5.10 Å². The molecule has 0 spiro atoms. The van der Waals surface area contributed by atoms with E-state index in [1.807, 2.05) is 0 Å². The number of unbranched alkanes of at least 4 members (excludes halogenated alkanes) is 12. The van der Waals surface area contributed by atoms with Crippen molar-refractivity contribution in [2.45, 2.75) is 123 Å². The molecule has 0 aliphatic carbocycles. The van der Waals surface area contributed by atoms with Crippen LogP contribution in [0, 0.1) is 0 Å². The van der Waals surface area contributed by atoms with Crippen molar-refractivity contribution in [3.8, 4) is 22.8 Å². The highest BCUT2D eigenvalue weighted by Crippen LogP contribution is 2.29. The van der Waals surface area contributed by atoms with Gasteiger partial charge in [0.15, 0.2) is 11.6 Å². The van der Waals surface area contributed by atoms with Crippen molar-refractivity contribution in [3.05, 3.63) is 120 Å². The lowest BCUT2D eigenvalue weighted by Gasteiger charge is -2.25. The van der Waals surface area contributed by atoms with Crippen LogP contribution >= 0.6 is 0 Å². The van der Waals surface area contributed by atoms with Crippen molar-refractivity contribution in [1.82, 2.24) is 14.8 Å². The van der Waals surface area contributed by atoms with Crippen LogP contribution in [0.2, 0.25) is 0 Å². The zero-order chi connectivity index (χ0) is 33.9. The highest BCUT2D eigenvalue weighted by Gasteiger charge is 2.18. The molecular weight excluding hydrogens is 597 g/mol. The molecule has 0 radical (unpaired) electrons. The van der Waals surface area contributed by atoms with E-state index in [1.54, 1.807) is 0 Å². The lowest BCUT2D eigenvalue weighted by Crippen LogP contribution is -2.22. The van der Waals surface area contributed by atoms with Gasteiger partial charge in [-0.2, -0.15) is 0 Å². The molecule has 1 heterocycles. The molecule has 1 aromatic heterocycles. The third-order valence-electron chi connectivity index (χ3n) is 9.65. The molecule has 4 nitrogen and oxygen atoms in total. The Labute approximate surface area is 296 Å². The molecule has 0 atom stereocenters. The monoisotopic (exact) mass is 654 g/mol. The number of benzene rings is 4. The lowest BCUT2D eigenvalue weighted by atomic mass is 10.0. The summed E-state index contributed by atoms with van der Waals surface area (Å²) in [6.45, 7) is 5.11. The highest BCUT2D eigenvalue weighted by atomic mass is 15.4. The maximum absolute atomic E-state index is 5.20. The van der Waals surface area contributed by atoms with Crippen LogP contribution < -0.4 is 4.90 Å². The number of aryl methyl sites for hydroxylation is 2. The van der Waals surface area contributed by atoms with Crippen molar-refractivity contribution in [2.75, 3.05) is 4.90 Å². The van der Waals surface area contributed by atoms with E-state index in [0.717, 1.165) is 47.0 Å². The number of hydrogen-bond donors (Lipinski definition) is 0. The molecule has 0 saturated carbocycles. The fraction of sp³-hybridized carbons (Fsp3) is 0.422. The van der Waals surface area contributed by atoms with Crippen molar-refractivity contribution in [1.29, 1.82) is 0 Å².